The molecule has 3 nitrogen and oxygen atoms in total. The van der Waals surface area contributed by atoms with Gasteiger partial charge in [0.1, 0.15) is 0 Å². The first-order valence-corrected chi connectivity index (χ1v) is 8.99. The van der Waals surface area contributed by atoms with Crippen LogP contribution in [0.2, 0.25) is 5.02 Å². The molecule has 2 aliphatic rings. The van der Waals surface area contributed by atoms with E-state index in [-0.39, 0.29) is 0 Å². The van der Waals surface area contributed by atoms with Crippen molar-refractivity contribution in [2.75, 3.05) is 19.6 Å². The number of aromatic nitrogens is 1. The third kappa shape index (κ3) is 3.06. The van der Waals surface area contributed by atoms with Crippen molar-refractivity contribution in [1.29, 1.82) is 0 Å². The van der Waals surface area contributed by atoms with Crippen molar-refractivity contribution in [3.05, 3.63) is 52.3 Å². The van der Waals surface area contributed by atoms with E-state index in [1.165, 1.54) is 36.2 Å². The fourth-order valence-corrected chi connectivity index (χ4v) is 4.07. The lowest BCUT2D eigenvalue weighted by atomic mass is 10.0. The molecule has 0 radical (unpaired) electrons. The zero-order valence-electron chi connectivity index (χ0n) is 13.3. The van der Waals surface area contributed by atoms with Crippen molar-refractivity contribution < 1.29 is 5.11 Å². The quantitative estimate of drug-likeness (QED) is 0.928. The zero-order chi connectivity index (χ0) is 15.8. The summed E-state index contributed by atoms with van der Waals surface area (Å²) < 4.78 is 2.23. The first-order valence-electron chi connectivity index (χ1n) is 8.61. The van der Waals surface area contributed by atoms with Gasteiger partial charge in [0.2, 0.25) is 0 Å². The largest absolute Gasteiger partial charge is 0.387 e. The molecule has 1 unspecified atom stereocenters. The molecule has 122 valence electrons. The summed E-state index contributed by atoms with van der Waals surface area (Å²) in [6, 6.07) is 8.26. The van der Waals surface area contributed by atoms with Crippen LogP contribution < -0.4 is 0 Å². The number of nitrogens with zero attached hydrogens (tertiary/aromatic N) is 2. The Hall–Kier alpha value is -1.29. The van der Waals surface area contributed by atoms with Crippen LogP contribution in [0.1, 0.15) is 42.2 Å². The molecule has 2 aromatic rings. The van der Waals surface area contributed by atoms with Crippen molar-refractivity contribution in [2.24, 2.45) is 0 Å². The van der Waals surface area contributed by atoms with E-state index >= 15 is 0 Å². The summed E-state index contributed by atoms with van der Waals surface area (Å²) in [4.78, 5) is 2.39. The molecule has 0 amide bonds. The molecule has 4 rings (SSSR count). The van der Waals surface area contributed by atoms with Crippen LogP contribution in [0.4, 0.5) is 0 Å². The van der Waals surface area contributed by atoms with Gasteiger partial charge in [0.25, 0.3) is 0 Å². The molecule has 2 aliphatic heterocycles. The van der Waals surface area contributed by atoms with Crippen LogP contribution >= 0.6 is 11.6 Å². The Morgan fingerprint density at radius 1 is 1.09 bits per heavy atom. The Kier molecular flexibility index (Phi) is 4.18. The number of piperidine rings is 1. The lowest BCUT2D eigenvalue weighted by Gasteiger charge is -2.28. The van der Waals surface area contributed by atoms with Crippen molar-refractivity contribution in [2.45, 2.75) is 38.2 Å². The average molecular weight is 331 g/mol. The molecule has 1 aromatic carbocycles. The molecule has 3 heterocycles. The lowest BCUT2D eigenvalue weighted by Crippen LogP contribution is -2.33. The summed E-state index contributed by atoms with van der Waals surface area (Å²) in [6.07, 6.45) is 7.57. The predicted molar refractivity (Wildman–Crippen MR) is 93.4 cm³/mol. The second kappa shape index (κ2) is 6.31. The fraction of sp³-hybridized carbons (Fsp3) is 0.474. The van der Waals surface area contributed by atoms with Gasteiger partial charge in [-0.15, -0.1) is 0 Å². The van der Waals surface area contributed by atoms with Crippen LogP contribution in [0.3, 0.4) is 0 Å². The minimum Gasteiger partial charge on any atom is -0.387 e. The van der Waals surface area contributed by atoms with E-state index in [1.807, 2.05) is 6.07 Å². The Bertz CT molecular complexity index is 703. The van der Waals surface area contributed by atoms with Crippen molar-refractivity contribution >= 4 is 11.6 Å². The van der Waals surface area contributed by atoms with Gasteiger partial charge in [0.15, 0.2) is 0 Å². The molecule has 0 bridgehead atoms. The van der Waals surface area contributed by atoms with Gasteiger partial charge in [-0.25, -0.2) is 0 Å². The van der Waals surface area contributed by atoms with Gasteiger partial charge >= 0.3 is 0 Å². The van der Waals surface area contributed by atoms with E-state index in [9.17, 15) is 5.11 Å². The Morgan fingerprint density at radius 3 is 2.74 bits per heavy atom. The molecule has 0 saturated carbocycles. The van der Waals surface area contributed by atoms with Gasteiger partial charge in [0.05, 0.1) is 6.10 Å². The van der Waals surface area contributed by atoms with Crippen molar-refractivity contribution in [3.8, 4) is 5.69 Å². The van der Waals surface area contributed by atoms with E-state index in [1.54, 1.807) is 0 Å². The number of β-amino-alcohol motifs (C(OH)–C–C–N with tert-alkyl or cyclic N) is 1. The number of hydrogen-bond acceptors (Lipinski definition) is 2. The first kappa shape index (κ1) is 15.3. The van der Waals surface area contributed by atoms with Gasteiger partial charge in [0, 0.05) is 34.7 Å². The number of halogens is 1. The molecule has 4 heteroatoms. The summed E-state index contributed by atoms with van der Waals surface area (Å²) in [5.41, 5.74) is 4.81. The molecule has 1 aromatic heterocycles. The number of rotatable bonds is 3. The minimum atomic E-state index is -0.401. The highest BCUT2D eigenvalue weighted by atomic mass is 35.5. The number of hydrogen-bond donors (Lipinski definition) is 1. The summed E-state index contributed by atoms with van der Waals surface area (Å²) in [6.45, 7) is 2.98. The van der Waals surface area contributed by atoms with Gasteiger partial charge in [-0.1, -0.05) is 18.0 Å². The molecule has 1 atom stereocenters. The van der Waals surface area contributed by atoms with E-state index < -0.39 is 6.10 Å². The molecule has 0 spiro atoms. The average Bonchev–Trinajstić information content (AvgIpc) is 3.00. The number of benzene rings is 1. The highest BCUT2D eigenvalue weighted by molar-refractivity contribution is 6.30. The summed E-state index contributed by atoms with van der Waals surface area (Å²) in [5.74, 6) is 0. The maximum Gasteiger partial charge on any atom is 0.0931 e. The summed E-state index contributed by atoms with van der Waals surface area (Å²) in [5, 5.41) is 11.4. The second-order valence-corrected chi connectivity index (χ2v) is 7.22. The zero-order valence-corrected chi connectivity index (χ0v) is 14.1. The van der Waals surface area contributed by atoms with E-state index in [2.05, 4.69) is 33.9 Å². The summed E-state index contributed by atoms with van der Waals surface area (Å²) in [7, 11) is 0. The highest BCUT2D eigenvalue weighted by Crippen LogP contribution is 2.30. The molecule has 0 aliphatic carbocycles. The van der Waals surface area contributed by atoms with Crippen molar-refractivity contribution in [3.63, 3.8) is 0 Å². The second-order valence-electron chi connectivity index (χ2n) is 6.78. The minimum absolute atomic E-state index is 0.401. The van der Waals surface area contributed by atoms with Gasteiger partial charge in [-0.2, -0.15) is 0 Å². The molecule has 1 fully saturated rings. The van der Waals surface area contributed by atoms with Crippen LogP contribution in [0.5, 0.6) is 0 Å². The SMILES string of the molecule is OC(CN1CCCCC1)c1cc2n(c1)-c1ccc(Cl)cc1CC2. The molecular formula is C19H23ClN2O. The fourth-order valence-electron chi connectivity index (χ4n) is 3.87. The number of aliphatic hydroxyl groups is 1. The number of aryl methyl sites for hydroxylation is 2. The Morgan fingerprint density at radius 2 is 1.91 bits per heavy atom. The predicted octanol–water partition coefficient (Wildman–Crippen LogP) is 3.75. The molecule has 1 saturated heterocycles. The molecular weight excluding hydrogens is 308 g/mol. The lowest BCUT2D eigenvalue weighted by molar-refractivity contribution is 0.101. The normalized spacial score (nSPS) is 19.2. The maximum absolute atomic E-state index is 10.6. The van der Waals surface area contributed by atoms with Crippen LogP contribution in [0.15, 0.2) is 30.5 Å². The van der Waals surface area contributed by atoms with Gasteiger partial charge < -0.3 is 14.6 Å². The molecule has 1 N–H and O–H groups in total. The first-order chi connectivity index (χ1) is 11.2. The summed E-state index contributed by atoms with van der Waals surface area (Å²) >= 11 is 6.11. The Balaban J connectivity index is 1.57. The number of likely N-dealkylation sites (tertiary alicyclic amines) is 1. The van der Waals surface area contributed by atoms with Crippen LogP contribution in [-0.2, 0) is 12.8 Å². The number of aliphatic hydroxyl groups excluding tert-OH is 1. The topological polar surface area (TPSA) is 28.4 Å². The number of fused-ring (bicyclic) bond motifs is 3. The standard InChI is InChI=1S/C19H23ClN2O/c20-16-5-7-18-14(10-16)4-6-17-11-15(12-22(17)18)19(23)13-21-8-2-1-3-9-21/h5,7,10-12,19,23H,1-4,6,8-9,13H2. The highest BCUT2D eigenvalue weighted by Gasteiger charge is 2.21. The maximum atomic E-state index is 10.6. The smallest absolute Gasteiger partial charge is 0.0931 e. The van der Waals surface area contributed by atoms with Crippen LogP contribution in [0, 0.1) is 0 Å². The third-order valence-corrected chi connectivity index (χ3v) is 5.37. The van der Waals surface area contributed by atoms with Crippen LogP contribution in [-0.4, -0.2) is 34.2 Å². The van der Waals surface area contributed by atoms with Gasteiger partial charge in [-0.3, -0.25) is 0 Å². The van der Waals surface area contributed by atoms with E-state index in [0.717, 1.165) is 43.1 Å². The molecule has 23 heavy (non-hydrogen) atoms. The van der Waals surface area contributed by atoms with Crippen LogP contribution in [0.25, 0.3) is 5.69 Å². The third-order valence-electron chi connectivity index (χ3n) is 5.14. The Labute approximate surface area is 142 Å². The van der Waals surface area contributed by atoms with E-state index in [4.69, 9.17) is 11.6 Å². The van der Waals surface area contributed by atoms with Crippen molar-refractivity contribution in [1.82, 2.24) is 9.47 Å². The van der Waals surface area contributed by atoms with Gasteiger partial charge in [-0.05, 0) is 68.6 Å². The monoisotopic (exact) mass is 330 g/mol. The van der Waals surface area contributed by atoms with E-state index in [0.29, 0.717) is 0 Å².